The second-order valence-electron chi connectivity index (χ2n) is 4.76. The SMILES string of the molecule is COc1ccc(CNC(C)c2onc(C)c2C(=O)O)cc1. The van der Waals surface area contributed by atoms with Gasteiger partial charge in [0.2, 0.25) is 0 Å². The summed E-state index contributed by atoms with van der Waals surface area (Å²) >= 11 is 0. The van der Waals surface area contributed by atoms with E-state index >= 15 is 0 Å². The Morgan fingerprint density at radius 1 is 1.43 bits per heavy atom. The standard InChI is InChI=1S/C15H18N2O4/c1-9-13(15(18)19)14(21-17-9)10(2)16-8-11-4-6-12(20-3)7-5-11/h4-7,10,16H,8H2,1-3H3,(H,18,19). The van der Waals surface area contributed by atoms with Crippen LogP contribution in [0.4, 0.5) is 0 Å². The van der Waals surface area contributed by atoms with Gasteiger partial charge in [-0.05, 0) is 31.5 Å². The van der Waals surface area contributed by atoms with Crippen LogP contribution in [-0.4, -0.2) is 23.3 Å². The summed E-state index contributed by atoms with van der Waals surface area (Å²) in [4.78, 5) is 11.2. The molecule has 0 aliphatic carbocycles. The Kier molecular flexibility index (Phi) is 4.59. The van der Waals surface area contributed by atoms with Gasteiger partial charge in [-0.2, -0.15) is 0 Å². The predicted octanol–water partition coefficient (Wildman–Crippen LogP) is 2.54. The van der Waals surface area contributed by atoms with Crippen LogP contribution in [0.5, 0.6) is 5.75 Å². The van der Waals surface area contributed by atoms with Crippen molar-refractivity contribution in [1.82, 2.24) is 10.5 Å². The summed E-state index contributed by atoms with van der Waals surface area (Å²) in [7, 11) is 1.62. The highest BCUT2D eigenvalue weighted by atomic mass is 16.5. The fourth-order valence-electron chi connectivity index (χ4n) is 2.05. The Labute approximate surface area is 122 Å². The fourth-order valence-corrected chi connectivity index (χ4v) is 2.05. The predicted molar refractivity (Wildman–Crippen MR) is 76.4 cm³/mol. The van der Waals surface area contributed by atoms with Gasteiger partial charge in [0.15, 0.2) is 5.76 Å². The third-order valence-electron chi connectivity index (χ3n) is 3.27. The van der Waals surface area contributed by atoms with E-state index in [4.69, 9.17) is 9.26 Å². The number of nitrogens with one attached hydrogen (secondary N) is 1. The smallest absolute Gasteiger partial charge is 0.341 e. The zero-order valence-electron chi connectivity index (χ0n) is 12.2. The molecule has 0 radical (unpaired) electrons. The van der Waals surface area contributed by atoms with E-state index < -0.39 is 5.97 Å². The Hall–Kier alpha value is -2.34. The van der Waals surface area contributed by atoms with E-state index in [1.165, 1.54) is 0 Å². The van der Waals surface area contributed by atoms with E-state index in [9.17, 15) is 9.90 Å². The molecule has 21 heavy (non-hydrogen) atoms. The number of aromatic nitrogens is 1. The van der Waals surface area contributed by atoms with Crippen molar-refractivity contribution in [1.29, 1.82) is 0 Å². The highest BCUT2D eigenvalue weighted by Gasteiger charge is 2.23. The molecule has 1 atom stereocenters. The van der Waals surface area contributed by atoms with Gasteiger partial charge in [0.05, 0.1) is 18.8 Å². The van der Waals surface area contributed by atoms with Crippen molar-refractivity contribution in [3.8, 4) is 5.75 Å². The van der Waals surface area contributed by atoms with Crippen LogP contribution >= 0.6 is 0 Å². The second-order valence-corrected chi connectivity index (χ2v) is 4.76. The third kappa shape index (κ3) is 3.41. The summed E-state index contributed by atoms with van der Waals surface area (Å²) < 4.78 is 10.2. The van der Waals surface area contributed by atoms with Crippen molar-refractivity contribution in [2.75, 3.05) is 7.11 Å². The molecule has 1 heterocycles. The summed E-state index contributed by atoms with van der Waals surface area (Å²) in [5.74, 6) is 0.112. The van der Waals surface area contributed by atoms with Crippen molar-refractivity contribution in [2.45, 2.75) is 26.4 Å². The van der Waals surface area contributed by atoms with Gasteiger partial charge < -0.3 is 19.7 Å². The van der Waals surface area contributed by atoms with Gasteiger partial charge in [0, 0.05) is 6.54 Å². The van der Waals surface area contributed by atoms with Crippen LogP contribution in [0.1, 0.15) is 40.3 Å². The van der Waals surface area contributed by atoms with Gasteiger partial charge in [-0.25, -0.2) is 4.79 Å². The Morgan fingerprint density at radius 3 is 2.67 bits per heavy atom. The Bertz CT molecular complexity index is 619. The molecule has 1 unspecified atom stereocenters. The first-order chi connectivity index (χ1) is 10.0. The molecule has 0 spiro atoms. The molecule has 0 amide bonds. The van der Waals surface area contributed by atoms with Crippen molar-refractivity contribution in [2.24, 2.45) is 0 Å². The van der Waals surface area contributed by atoms with Crippen molar-refractivity contribution >= 4 is 5.97 Å². The minimum atomic E-state index is -1.03. The lowest BCUT2D eigenvalue weighted by Gasteiger charge is -2.12. The van der Waals surface area contributed by atoms with Gasteiger partial charge in [-0.3, -0.25) is 0 Å². The van der Waals surface area contributed by atoms with Gasteiger partial charge >= 0.3 is 5.97 Å². The number of carbonyl (C=O) groups is 1. The first-order valence-corrected chi connectivity index (χ1v) is 6.58. The largest absolute Gasteiger partial charge is 0.497 e. The van der Waals surface area contributed by atoms with Crippen molar-refractivity contribution in [3.05, 3.63) is 46.8 Å². The molecule has 2 aromatic rings. The highest BCUT2D eigenvalue weighted by molar-refractivity contribution is 5.90. The summed E-state index contributed by atoms with van der Waals surface area (Å²) in [5, 5.41) is 16.1. The van der Waals surface area contributed by atoms with E-state index in [1.54, 1.807) is 14.0 Å². The molecule has 0 saturated carbocycles. The maximum atomic E-state index is 11.2. The van der Waals surface area contributed by atoms with Crippen LogP contribution in [0, 0.1) is 6.92 Å². The third-order valence-corrected chi connectivity index (χ3v) is 3.27. The lowest BCUT2D eigenvalue weighted by molar-refractivity contribution is 0.0692. The Balaban J connectivity index is 2.04. The minimum absolute atomic E-state index is 0.129. The molecule has 1 aromatic heterocycles. The molecule has 0 aliphatic heterocycles. The Morgan fingerprint density at radius 2 is 2.10 bits per heavy atom. The molecule has 0 aliphatic rings. The summed E-state index contributed by atoms with van der Waals surface area (Å²) in [5.41, 5.74) is 1.58. The number of aryl methyl sites for hydroxylation is 1. The van der Waals surface area contributed by atoms with Crippen molar-refractivity contribution < 1.29 is 19.2 Å². The number of aromatic carboxylic acids is 1. The van der Waals surface area contributed by atoms with Gasteiger partial charge in [0.1, 0.15) is 11.3 Å². The van der Waals surface area contributed by atoms with E-state index in [2.05, 4.69) is 10.5 Å². The zero-order valence-corrected chi connectivity index (χ0v) is 12.2. The fraction of sp³-hybridized carbons (Fsp3) is 0.333. The van der Waals surface area contributed by atoms with E-state index in [0.717, 1.165) is 11.3 Å². The second kappa shape index (κ2) is 6.41. The molecule has 2 N–H and O–H groups in total. The number of hydrogen-bond donors (Lipinski definition) is 2. The normalized spacial score (nSPS) is 12.1. The number of benzene rings is 1. The lowest BCUT2D eigenvalue weighted by Crippen LogP contribution is -2.19. The average Bonchev–Trinajstić information content (AvgIpc) is 2.87. The first-order valence-electron chi connectivity index (χ1n) is 6.58. The quantitative estimate of drug-likeness (QED) is 0.850. The number of hydrogen-bond acceptors (Lipinski definition) is 5. The number of carboxylic acid groups (broad SMARTS) is 1. The minimum Gasteiger partial charge on any atom is -0.497 e. The maximum Gasteiger partial charge on any atom is 0.341 e. The van der Waals surface area contributed by atoms with E-state index in [-0.39, 0.29) is 11.6 Å². The molecule has 2 rings (SSSR count). The summed E-state index contributed by atoms with van der Waals surface area (Å²) in [6.07, 6.45) is 0. The van der Waals surface area contributed by atoms with Gasteiger partial charge in [0.25, 0.3) is 0 Å². The van der Waals surface area contributed by atoms with E-state index in [0.29, 0.717) is 18.0 Å². The number of rotatable bonds is 6. The molecule has 0 bridgehead atoms. The molecule has 112 valence electrons. The van der Waals surface area contributed by atoms with Gasteiger partial charge in [-0.15, -0.1) is 0 Å². The van der Waals surface area contributed by atoms with E-state index in [1.807, 2.05) is 31.2 Å². The number of ether oxygens (including phenoxy) is 1. The van der Waals surface area contributed by atoms with Crippen LogP contribution in [0.3, 0.4) is 0 Å². The average molecular weight is 290 g/mol. The molecule has 6 nitrogen and oxygen atoms in total. The molecule has 0 saturated heterocycles. The monoisotopic (exact) mass is 290 g/mol. The number of methoxy groups -OCH3 is 1. The maximum absolute atomic E-state index is 11.2. The number of carboxylic acids is 1. The molecular formula is C15H18N2O4. The number of nitrogens with zero attached hydrogens (tertiary/aromatic N) is 1. The topological polar surface area (TPSA) is 84.6 Å². The van der Waals surface area contributed by atoms with Gasteiger partial charge in [-0.1, -0.05) is 17.3 Å². The lowest BCUT2D eigenvalue weighted by atomic mass is 10.1. The highest BCUT2D eigenvalue weighted by Crippen LogP contribution is 2.21. The van der Waals surface area contributed by atoms with Crippen LogP contribution < -0.4 is 10.1 Å². The van der Waals surface area contributed by atoms with Crippen LogP contribution in [-0.2, 0) is 6.54 Å². The van der Waals surface area contributed by atoms with Crippen LogP contribution in [0.25, 0.3) is 0 Å². The first kappa shape index (κ1) is 15.1. The molecule has 6 heteroatoms. The summed E-state index contributed by atoms with van der Waals surface area (Å²) in [6.45, 7) is 4.05. The van der Waals surface area contributed by atoms with Crippen molar-refractivity contribution in [3.63, 3.8) is 0 Å². The molecule has 0 fully saturated rings. The van der Waals surface area contributed by atoms with Crippen LogP contribution in [0.2, 0.25) is 0 Å². The van der Waals surface area contributed by atoms with Crippen LogP contribution in [0.15, 0.2) is 28.8 Å². The molecule has 1 aromatic carbocycles. The summed E-state index contributed by atoms with van der Waals surface area (Å²) in [6, 6.07) is 7.40. The zero-order chi connectivity index (χ0) is 15.4. The molecular weight excluding hydrogens is 272 g/mol.